The molecule has 3 rings (SSSR count). The van der Waals surface area contributed by atoms with Crippen molar-refractivity contribution in [3.8, 4) is 0 Å². The number of rotatable bonds is 0. The topological polar surface area (TPSA) is 87.0 Å². The van der Waals surface area contributed by atoms with E-state index in [0.29, 0.717) is 11.1 Å². The molecule has 3 N–H and O–H groups in total. The Balaban J connectivity index is 2.18. The van der Waals surface area contributed by atoms with Gasteiger partial charge in [-0.3, -0.25) is 4.79 Å². The first-order valence-electron chi connectivity index (χ1n) is 6.90. The zero-order valence-corrected chi connectivity index (χ0v) is 11.7. The van der Waals surface area contributed by atoms with E-state index < -0.39 is 23.4 Å². The molecule has 0 aromatic heterocycles. The zero-order chi connectivity index (χ0) is 14.9. The van der Waals surface area contributed by atoms with E-state index in [1.54, 1.807) is 19.9 Å². The Labute approximate surface area is 117 Å². The first-order valence-corrected chi connectivity index (χ1v) is 6.90. The van der Waals surface area contributed by atoms with Gasteiger partial charge in [0, 0.05) is 12.3 Å². The van der Waals surface area contributed by atoms with E-state index in [2.05, 4.69) is 6.58 Å². The molecule has 6 unspecified atom stereocenters. The summed E-state index contributed by atoms with van der Waals surface area (Å²) in [6.45, 7) is 7.26. The Hall–Kier alpha value is -1.01. The SMILES string of the molecule is C=C1COC2(O)C(O)C(C)C3CC(=O)C(C)=CC3C12O. The lowest BCUT2D eigenvalue weighted by molar-refractivity contribution is -0.337. The predicted molar refractivity (Wildman–Crippen MR) is 70.5 cm³/mol. The average Bonchev–Trinajstić information content (AvgIpc) is 2.65. The lowest BCUT2D eigenvalue weighted by Gasteiger charge is -2.55. The molecule has 0 spiro atoms. The molecule has 6 atom stereocenters. The number of ether oxygens (including phenoxy) is 1. The van der Waals surface area contributed by atoms with Gasteiger partial charge in [0.2, 0.25) is 5.79 Å². The molecule has 1 aliphatic heterocycles. The third-order valence-electron chi connectivity index (χ3n) is 5.36. The number of hydrogen-bond donors (Lipinski definition) is 3. The fourth-order valence-corrected chi connectivity index (χ4v) is 3.98. The molecule has 0 bridgehead atoms. The van der Waals surface area contributed by atoms with E-state index >= 15 is 0 Å². The Morgan fingerprint density at radius 1 is 1.45 bits per heavy atom. The number of carbonyl (C=O) groups is 1. The maximum Gasteiger partial charge on any atom is 0.227 e. The molecule has 3 aliphatic rings. The lowest BCUT2D eigenvalue weighted by atomic mass is 9.56. The minimum Gasteiger partial charge on any atom is -0.387 e. The van der Waals surface area contributed by atoms with Crippen LogP contribution in [0.1, 0.15) is 20.3 Å². The van der Waals surface area contributed by atoms with Crippen LogP contribution in [0, 0.1) is 17.8 Å². The molecule has 2 aliphatic carbocycles. The van der Waals surface area contributed by atoms with Crippen molar-refractivity contribution in [2.24, 2.45) is 17.8 Å². The normalized spacial score (nSPS) is 51.5. The molecule has 0 aromatic carbocycles. The van der Waals surface area contributed by atoms with Crippen LogP contribution in [0.2, 0.25) is 0 Å². The Morgan fingerprint density at radius 3 is 2.75 bits per heavy atom. The first kappa shape index (κ1) is 13.9. The summed E-state index contributed by atoms with van der Waals surface area (Å²) in [5.41, 5.74) is -0.824. The van der Waals surface area contributed by atoms with Gasteiger partial charge in [-0.25, -0.2) is 0 Å². The van der Waals surface area contributed by atoms with Crippen molar-refractivity contribution in [1.29, 1.82) is 0 Å². The molecule has 0 aromatic rings. The number of allylic oxidation sites excluding steroid dienone is 1. The summed E-state index contributed by atoms with van der Waals surface area (Å²) in [6.07, 6.45) is 0.702. The van der Waals surface area contributed by atoms with Crippen LogP contribution in [0.3, 0.4) is 0 Å². The van der Waals surface area contributed by atoms with Crippen LogP contribution in [-0.2, 0) is 9.53 Å². The third-order valence-corrected chi connectivity index (χ3v) is 5.36. The van der Waals surface area contributed by atoms with Crippen LogP contribution in [-0.4, -0.2) is 45.2 Å². The highest BCUT2D eigenvalue weighted by atomic mass is 16.7. The predicted octanol–water partition coefficient (Wildman–Crippen LogP) is 0.155. The van der Waals surface area contributed by atoms with Gasteiger partial charge in [0.25, 0.3) is 0 Å². The highest BCUT2D eigenvalue weighted by Gasteiger charge is 2.71. The van der Waals surface area contributed by atoms with E-state index in [1.807, 2.05) is 0 Å². The van der Waals surface area contributed by atoms with E-state index in [4.69, 9.17) is 4.74 Å². The average molecular weight is 280 g/mol. The van der Waals surface area contributed by atoms with Crippen molar-refractivity contribution < 1.29 is 24.9 Å². The summed E-state index contributed by atoms with van der Waals surface area (Å²) in [7, 11) is 0. The van der Waals surface area contributed by atoms with Gasteiger partial charge in [0.15, 0.2) is 11.4 Å². The summed E-state index contributed by atoms with van der Waals surface area (Å²) in [5.74, 6) is -3.10. The van der Waals surface area contributed by atoms with Crippen molar-refractivity contribution >= 4 is 5.78 Å². The van der Waals surface area contributed by atoms with Crippen LogP contribution < -0.4 is 0 Å². The van der Waals surface area contributed by atoms with Gasteiger partial charge in [0.1, 0.15) is 6.10 Å². The number of hydrogen-bond acceptors (Lipinski definition) is 5. The molecule has 1 saturated carbocycles. The van der Waals surface area contributed by atoms with Crippen LogP contribution in [0.15, 0.2) is 23.8 Å². The first-order chi connectivity index (χ1) is 9.23. The molecule has 1 heterocycles. The van der Waals surface area contributed by atoms with Gasteiger partial charge >= 0.3 is 0 Å². The number of Topliss-reactive ketones (excluding diaryl/α,β-unsaturated/α-hetero) is 1. The fourth-order valence-electron chi connectivity index (χ4n) is 3.98. The second kappa shape index (κ2) is 4.01. The van der Waals surface area contributed by atoms with Crippen LogP contribution in [0.5, 0.6) is 0 Å². The zero-order valence-electron chi connectivity index (χ0n) is 11.7. The quantitative estimate of drug-likeness (QED) is 0.550. The number of carbonyl (C=O) groups excluding carboxylic acids is 1. The highest BCUT2D eigenvalue weighted by Crippen LogP contribution is 2.57. The van der Waals surface area contributed by atoms with E-state index in [-0.39, 0.29) is 30.6 Å². The number of aliphatic hydroxyl groups excluding tert-OH is 1. The standard InChI is InChI=1S/C15H20O5/c1-7-4-11-10(5-12(7)16)9(3)13(17)15(19)14(11,18)8(2)6-20-15/h4,9-11,13,17-19H,2,5-6H2,1,3H3. The highest BCUT2D eigenvalue weighted by molar-refractivity contribution is 5.96. The van der Waals surface area contributed by atoms with Crippen LogP contribution >= 0.6 is 0 Å². The number of aliphatic hydroxyl groups is 3. The molecule has 1 saturated heterocycles. The Kier molecular flexibility index (Phi) is 2.80. The van der Waals surface area contributed by atoms with E-state index in [1.165, 1.54) is 0 Å². The third kappa shape index (κ3) is 1.39. The maximum atomic E-state index is 11.9. The molecule has 0 amide bonds. The van der Waals surface area contributed by atoms with Crippen molar-refractivity contribution in [3.63, 3.8) is 0 Å². The van der Waals surface area contributed by atoms with Gasteiger partial charge in [0.05, 0.1) is 6.61 Å². The lowest BCUT2D eigenvalue weighted by Crippen LogP contribution is -2.70. The van der Waals surface area contributed by atoms with E-state index in [0.717, 1.165) is 0 Å². The summed E-state index contributed by atoms with van der Waals surface area (Å²) < 4.78 is 5.30. The van der Waals surface area contributed by atoms with Crippen molar-refractivity contribution in [3.05, 3.63) is 23.8 Å². The van der Waals surface area contributed by atoms with Gasteiger partial charge in [-0.05, 0) is 29.9 Å². The molecular formula is C15H20O5. The molecule has 5 nitrogen and oxygen atoms in total. The molecule has 110 valence electrons. The van der Waals surface area contributed by atoms with Crippen molar-refractivity contribution in [1.82, 2.24) is 0 Å². The number of fused-ring (bicyclic) bond motifs is 3. The number of ketones is 1. The molecular weight excluding hydrogens is 260 g/mol. The van der Waals surface area contributed by atoms with Gasteiger partial charge in [-0.2, -0.15) is 0 Å². The molecule has 20 heavy (non-hydrogen) atoms. The Bertz CT molecular complexity index is 524. The second-order valence-electron chi connectivity index (χ2n) is 6.33. The Morgan fingerprint density at radius 2 is 2.10 bits per heavy atom. The molecule has 5 heteroatoms. The minimum atomic E-state index is -2.05. The summed E-state index contributed by atoms with van der Waals surface area (Å²) >= 11 is 0. The van der Waals surface area contributed by atoms with Crippen LogP contribution in [0.4, 0.5) is 0 Å². The van der Waals surface area contributed by atoms with Gasteiger partial charge in [-0.1, -0.05) is 19.6 Å². The van der Waals surface area contributed by atoms with E-state index in [9.17, 15) is 20.1 Å². The summed E-state index contributed by atoms with van der Waals surface area (Å²) in [6, 6.07) is 0. The van der Waals surface area contributed by atoms with Crippen LogP contribution in [0.25, 0.3) is 0 Å². The second-order valence-corrected chi connectivity index (χ2v) is 6.33. The van der Waals surface area contributed by atoms with Gasteiger partial charge < -0.3 is 20.1 Å². The smallest absolute Gasteiger partial charge is 0.227 e. The monoisotopic (exact) mass is 280 g/mol. The summed E-state index contributed by atoms with van der Waals surface area (Å²) in [5, 5.41) is 32.1. The summed E-state index contributed by atoms with van der Waals surface area (Å²) in [4.78, 5) is 11.9. The largest absolute Gasteiger partial charge is 0.387 e. The minimum absolute atomic E-state index is 0.000827. The molecule has 2 fully saturated rings. The van der Waals surface area contributed by atoms with Crippen molar-refractivity contribution in [2.45, 2.75) is 37.8 Å². The van der Waals surface area contributed by atoms with Crippen molar-refractivity contribution in [2.75, 3.05) is 6.61 Å². The van der Waals surface area contributed by atoms with Gasteiger partial charge in [-0.15, -0.1) is 0 Å². The molecule has 0 radical (unpaired) electrons. The maximum absolute atomic E-state index is 11.9. The fraction of sp³-hybridized carbons (Fsp3) is 0.667.